The molecule has 0 saturated carbocycles. The minimum absolute atomic E-state index is 0.0526. The van der Waals surface area contributed by atoms with E-state index in [1.807, 2.05) is 0 Å². The minimum Gasteiger partial charge on any atom is -0.271 e. The average molecular weight is 280 g/mol. The van der Waals surface area contributed by atoms with Gasteiger partial charge in [0.1, 0.15) is 0 Å². The molecule has 0 bridgehead atoms. The largest absolute Gasteiger partial charge is 0.271 e. The maximum absolute atomic E-state index is 11.6. The molecule has 5 heteroatoms. The molecule has 1 aromatic rings. The van der Waals surface area contributed by atoms with E-state index in [9.17, 15) is 8.42 Å². The van der Waals surface area contributed by atoms with Crippen molar-refractivity contribution in [1.29, 1.82) is 0 Å². The van der Waals surface area contributed by atoms with Gasteiger partial charge in [0.25, 0.3) is 0 Å². The monoisotopic (exact) mass is 280 g/mol. The van der Waals surface area contributed by atoms with Gasteiger partial charge in [-0.15, -0.1) is 0 Å². The van der Waals surface area contributed by atoms with Gasteiger partial charge in [-0.3, -0.25) is 11.3 Å². The Morgan fingerprint density at radius 3 is 2.74 bits per heavy atom. The summed E-state index contributed by atoms with van der Waals surface area (Å²) in [7, 11) is -2.87. The maximum Gasteiger partial charge on any atom is 0.150 e. The van der Waals surface area contributed by atoms with Crippen LogP contribution in [0.15, 0.2) is 18.2 Å². The van der Waals surface area contributed by atoms with E-state index in [0.717, 1.165) is 18.4 Å². The topological polar surface area (TPSA) is 72.2 Å². The highest BCUT2D eigenvalue weighted by Crippen LogP contribution is 2.33. The first-order chi connectivity index (χ1) is 9.09. The molecule has 3 N–H and O–H groups in total. The van der Waals surface area contributed by atoms with Gasteiger partial charge in [0.2, 0.25) is 0 Å². The number of rotatable bonds is 3. The van der Waals surface area contributed by atoms with Gasteiger partial charge < -0.3 is 0 Å². The average Bonchev–Trinajstić information content (AvgIpc) is 2.96. The van der Waals surface area contributed by atoms with E-state index >= 15 is 0 Å². The molecule has 1 saturated heterocycles. The van der Waals surface area contributed by atoms with Gasteiger partial charge in [-0.05, 0) is 48.3 Å². The lowest BCUT2D eigenvalue weighted by molar-refractivity contribution is 0.399. The maximum atomic E-state index is 11.6. The van der Waals surface area contributed by atoms with Gasteiger partial charge in [-0.2, -0.15) is 0 Å². The molecule has 4 nitrogen and oxygen atoms in total. The van der Waals surface area contributed by atoms with Gasteiger partial charge in [0.15, 0.2) is 9.84 Å². The van der Waals surface area contributed by atoms with Gasteiger partial charge in [-0.25, -0.2) is 8.42 Å². The molecule has 2 aliphatic rings. The van der Waals surface area contributed by atoms with Crippen LogP contribution in [0.3, 0.4) is 0 Å². The van der Waals surface area contributed by atoms with Crippen LogP contribution in [0, 0.1) is 5.92 Å². The summed E-state index contributed by atoms with van der Waals surface area (Å²) in [4.78, 5) is 0. The highest BCUT2D eigenvalue weighted by atomic mass is 32.2. The third-order valence-electron chi connectivity index (χ3n) is 4.40. The number of hydrazine groups is 1. The standard InChI is InChI=1S/C14H20N2O2S/c15-16-14(13-6-7-19(17,18)9-13)12-5-4-10-2-1-3-11(10)8-12/h4-5,8,13-14,16H,1-3,6-7,9,15H2. The Balaban J connectivity index is 1.86. The van der Waals surface area contributed by atoms with Crippen LogP contribution in [0.2, 0.25) is 0 Å². The fraction of sp³-hybridized carbons (Fsp3) is 0.571. The van der Waals surface area contributed by atoms with E-state index in [0.29, 0.717) is 12.2 Å². The molecule has 1 heterocycles. The summed E-state index contributed by atoms with van der Waals surface area (Å²) in [6.45, 7) is 0. The summed E-state index contributed by atoms with van der Waals surface area (Å²) in [5, 5.41) is 0. The first kappa shape index (κ1) is 13.1. The summed E-state index contributed by atoms with van der Waals surface area (Å²) in [6, 6.07) is 6.42. The van der Waals surface area contributed by atoms with E-state index in [1.54, 1.807) is 0 Å². The number of benzene rings is 1. The smallest absolute Gasteiger partial charge is 0.150 e. The molecule has 0 aromatic heterocycles. The van der Waals surface area contributed by atoms with E-state index in [1.165, 1.54) is 17.5 Å². The Kier molecular flexibility index (Phi) is 3.37. The van der Waals surface area contributed by atoms with Crippen LogP contribution in [0.1, 0.15) is 35.6 Å². The third kappa shape index (κ3) is 2.55. The summed E-state index contributed by atoms with van der Waals surface area (Å²) >= 11 is 0. The summed E-state index contributed by atoms with van der Waals surface area (Å²) in [5.41, 5.74) is 6.79. The van der Waals surface area contributed by atoms with Gasteiger partial charge >= 0.3 is 0 Å². The molecule has 1 aromatic carbocycles. The van der Waals surface area contributed by atoms with Crippen molar-refractivity contribution < 1.29 is 8.42 Å². The summed E-state index contributed by atoms with van der Waals surface area (Å²) < 4.78 is 23.2. The van der Waals surface area contributed by atoms with Crippen molar-refractivity contribution in [1.82, 2.24) is 5.43 Å². The van der Waals surface area contributed by atoms with Crippen LogP contribution in [0.4, 0.5) is 0 Å². The predicted octanol–water partition coefficient (Wildman–Crippen LogP) is 1.11. The number of nitrogens with one attached hydrogen (secondary N) is 1. The highest BCUT2D eigenvalue weighted by molar-refractivity contribution is 7.91. The van der Waals surface area contributed by atoms with Crippen LogP contribution >= 0.6 is 0 Å². The van der Waals surface area contributed by atoms with Gasteiger partial charge in [-0.1, -0.05) is 18.2 Å². The lowest BCUT2D eigenvalue weighted by Crippen LogP contribution is -2.34. The van der Waals surface area contributed by atoms with Crippen LogP contribution in [0.25, 0.3) is 0 Å². The van der Waals surface area contributed by atoms with Crippen molar-refractivity contribution in [3.8, 4) is 0 Å². The Bertz CT molecular complexity index is 583. The minimum atomic E-state index is -2.87. The summed E-state index contributed by atoms with van der Waals surface area (Å²) in [5.74, 6) is 6.31. The Morgan fingerprint density at radius 1 is 1.26 bits per heavy atom. The first-order valence-corrected chi connectivity index (χ1v) is 8.69. The second-order valence-corrected chi connectivity index (χ2v) is 7.92. The second kappa shape index (κ2) is 4.89. The van der Waals surface area contributed by atoms with Crippen LogP contribution in [-0.4, -0.2) is 19.9 Å². The van der Waals surface area contributed by atoms with Crippen molar-refractivity contribution in [3.63, 3.8) is 0 Å². The second-order valence-electron chi connectivity index (χ2n) is 5.69. The van der Waals surface area contributed by atoms with Crippen LogP contribution in [0.5, 0.6) is 0 Å². The Hall–Kier alpha value is -0.910. The normalized spacial score (nSPS) is 26.3. The van der Waals surface area contributed by atoms with E-state index < -0.39 is 9.84 Å². The molecule has 1 aliphatic heterocycles. The lowest BCUT2D eigenvalue weighted by atomic mass is 9.91. The molecule has 1 aliphatic carbocycles. The molecule has 19 heavy (non-hydrogen) atoms. The molecule has 2 atom stereocenters. The SMILES string of the molecule is NNC(c1ccc2c(c1)CCC2)C1CCS(=O)(=O)C1. The quantitative estimate of drug-likeness (QED) is 0.643. The first-order valence-electron chi connectivity index (χ1n) is 6.87. The molecule has 0 radical (unpaired) electrons. The van der Waals surface area contributed by atoms with Gasteiger partial charge in [0.05, 0.1) is 11.5 Å². The van der Waals surface area contributed by atoms with Crippen molar-refractivity contribution in [2.75, 3.05) is 11.5 Å². The number of fused-ring (bicyclic) bond motifs is 1. The van der Waals surface area contributed by atoms with Crippen molar-refractivity contribution in [3.05, 3.63) is 34.9 Å². The summed E-state index contributed by atoms with van der Waals surface area (Å²) in [6.07, 6.45) is 4.21. The molecule has 0 spiro atoms. The molecular weight excluding hydrogens is 260 g/mol. The molecule has 1 fully saturated rings. The molecule has 3 rings (SSSR count). The fourth-order valence-electron chi connectivity index (χ4n) is 3.38. The lowest BCUT2D eigenvalue weighted by Gasteiger charge is -2.22. The van der Waals surface area contributed by atoms with Crippen molar-refractivity contribution >= 4 is 9.84 Å². The van der Waals surface area contributed by atoms with Crippen molar-refractivity contribution in [2.24, 2.45) is 11.8 Å². The zero-order valence-corrected chi connectivity index (χ0v) is 11.7. The number of nitrogens with two attached hydrogens (primary N) is 1. The highest BCUT2D eigenvalue weighted by Gasteiger charge is 2.34. The number of hydrogen-bond donors (Lipinski definition) is 2. The number of sulfone groups is 1. The molecular formula is C14H20N2O2S. The zero-order chi connectivity index (χ0) is 13.5. The third-order valence-corrected chi connectivity index (χ3v) is 6.19. The van der Waals surface area contributed by atoms with Crippen LogP contribution in [-0.2, 0) is 22.7 Å². The molecule has 104 valence electrons. The van der Waals surface area contributed by atoms with E-state index in [-0.39, 0.29) is 17.7 Å². The fourth-order valence-corrected chi connectivity index (χ4v) is 5.22. The molecule has 2 unspecified atom stereocenters. The predicted molar refractivity (Wildman–Crippen MR) is 75.3 cm³/mol. The number of aryl methyl sites for hydroxylation is 2. The number of hydrogen-bond acceptors (Lipinski definition) is 4. The Morgan fingerprint density at radius 2 is 2.05 bits per heavy atom. The Labute approximate surface area is 114 Å². The van der Waals surface area contributed by atoms with E-state index in [4.69, 9.17) is 5.84 Å². The van der Waals surface area contributed by atoms with Gasteiger partial charge in [0, 0.05) is 6.04 Å². The molecule has 0 amide bonds. The van der Waals surface area contributed by atoms with Crippen LogP contribution < -0.4 is 11.3 Å². The van der Waals surface area contributed by atoms with Crippen molar-refractivity contribution in [2.45, 2.75) is 31.7 Å². The zero-order valence-electron chi connectivity index (χ0n) is 10.9. The van der Waals surface area contributed by atoms with E-state index in [2.05, 4.69) is 23.6 Å².